The van der Waals surface area contributed by atoms with Crippen molar-refractivity contribution in [3.63, 3.8) is 0 Å². The van der Waals surface area contributed by atoms with Crippen molar-refractivity contribution in [1.82, 2.24) is 0 Å². The summed E-state index contributed by atoms with van der Waals surface area (Å²) in [6.45, 7) is 3.93. The molecule has 1 rings (SSSR count). The summed E-state index contributed by atoms with van der Waals surface area (Å²) in [5, 5.41) is 8.97. The van der Waals surface area contributed by atoms with Crippen molar-refractivity contribution in [1.29, 1.82) is 0 Å². The normalized spacial score (nSPS) is 15.2. The van der Waals surface area contributed by atoms with Gasteiger partial charge in [0.2, 0.25) is 0 Å². The van der Waals surface area contributed by atoms with Crippen LogP contribution in [0.3, 0.4) is 0 Å². The lowest BCUT2D eigenvalue weighted by Crippen LogP contribution is -2.42. The van der Waals surface area contributed by atoms with Crippen LogP contribution in [0.25, 0.3) is 0 Å². The molecule has 4 heteroatoms. The Bertz CT molecular complexity index is 297. The number of nitrogens with two attached hydrogens (primary N) is 1. The summed E-state index contributed by atoms with van der Waals surface area (Å²) in [7, 11) is 0. The number of furan rings is 1. The highest BCUT2D eigenvalue weighted by Crippen LogP contribution is 2.18. The average molecular weight is 229 g/mol. The smallest absolute Gasteiger partial charge is 0.114 e. The Labute approximate surface area is 95.0 Å². The topological polar surface area (TPSA) is 59.4 Å². The van der Waals surface area contributed by atoms with Crippen LogP contribution in [-0.2, 0) is 12.2 Å². The van der Waals surface area contributed by atoms with Crippen LogP contribution in [-0.4, -0.2) is 23.0 Å². The largest absolute Gasteiger partial charge is 0.465 e. The molecule has 0 aromatic carbocycles. The molecular weight excluding hydrogens is 210 g/mol. The molecule has 3 N–H and O–H groups in total. The van der Waals surface area contributed by atoms with Gasteiger partial charge in [0.05, 0.1) is 12.4 Å². The molecule has 0 aliphatic carbocycles. The van der Waals surface area contributed by atoms with Crippen LogP contribution in [0.1, 0.15) is 25.4 Å². The Morgan fingerprint density at radius 1 is 1.47 bits per heavy atom. The molecule has 0 spiro atoms. The Hall–Kier alpha value is -0.450. The van der Waals surface area contributed by atoms with Gasteiger partial charge < -0.3 is 15.3 Å². The third-order valence-electron chi connectivity index (χ3n) is 2.10. The molecule has 0 saturated heterocycles. The maximum absolute atomic E-state index is 8.97. The van der Waals surface area contributed by atoms with Gasteiger partial charge in [-0.2, -0.15) is 11.8 Å². The molecule has 1 aromatic rings. The number of rotatable bonds is 6. The van der Waals surface area contributed by atoms with E-state index in [1.807, 2.05) is 19.1 Å². The van der Waals surface area contributed by atoms with Crippen molar-refractivity contribution in [2.24, 2.45) is 5.73 Å². The predicted octanol–water partition coefficient (Wildman–Crippen LogP) is 1.78. The molecule has 0 fully saturated rings. The van der Waals surface area contributed by atoms with Gasteiger partial charge in [-0.25, -0.2) is 0 Å². The first-order valence-corrected chi connectivity index (χ1v) is 6.28. The second-order valence-electron chi connectivity index (χ2n) is 4.03. The number of hydrogen-bond donors (Lipinski definition) is 2. The lowest BCUT2D eigenvalue weighted by molar-refractivity contribution is 0.224. The third kappa shape index (κ3) is 4.28. The van der Waals surface area contributed by atoms with Gasteiger partial charge in [0.25, 0.3) is 0 Å². The fourth-order valence-corrected chi connectivity index (χ4v) is 2.14. The van der Waals surface area contributed by atoms with Crippen LogP contribution < -0.4 is 5.73 Å². The number of aliphatic hydroxyl groups is 1. The first-order valence-electron chi connectivity index (χ1n) is 5.12. The van der Waals surface area contributed by atoms with E-state index in [1.54, 1.807) is 11.8 Å². The molecule has 0 amide bonds. The van der Waals surface area contributed by atoms with Crippen molar-refractivity contribution in [3.05, 3.63) is 23.7 Å². The summed E-state index contributed by atoms with van der Waals surface area (Å²) < 4.78 is 5.56. The molecule has 0 radical (unpaired) electrons. The maximum Gasteiger partial charge on any atom is 0.114 e. The standard InChI is InChI=1S/C11H19NO2S/c1-3-9-4-5-10(14-9)6-15-8-11(2,12)7-13/h4-5,13H,3,6-8,12H2,1-2H3. The van der Waals surface area contributed by atoms with E-state index >= 15 is 0 Å². The SMILES string of the molecule is CCc1ccc(CSCC(C)(N)CO)o1. The summed E-state index contributed by atoms with van der Waals surface area (Å²) in [6, 6.07) is 4.00. The van der Waals surface area contributed by atoms with Crippen molar-refractivity contribution < 1.29 is 9.52 Å². The molecule has 1 atom stereocenters. The van der Waals surface area contributed by atoms with Crippen LogP contribution in [0, 0.1) is 0 Å². The molecule has 1 unspecified atom stereocenters. The minimum absolute atomic E-state index is 0.0123. The highest BCUT2D eigenvalue weighted by Gasteiger charge is 2.16. The van der Waals surface area contributed by atoms with Crippen molar-refractivity contribution >= 4 is 11.8 Å². The zero-order chi connectivity index (χ0) is 11.3. The minimum atomic E-state index is -0.495. The summed E-state index contributed by atoms with van der Waals surface area (Å²) in [4.78, 5) is 0. The first-order chi connectivity index (χ1) is 7.07. The summed E-state index contributed by atoms with van der Waals surface area (Å²) in [6.07, 6.45) is 0.926. The Kier molecular flexibility index (Phi) is 4.70. The average Bonchev–Trinajstić information content (AvgIpc) is 2.66. The van der Waals surface area contributed by atoms with E-state index in [2.05, 4.69) is 6.92 Å². The minimum Gasteiger partial charge on any atom is -0.465 e. The summed E-state index contributed by atoms with van der Waals surface area (Å²) in [5.74, 6) is 3.53. The number of aliphatic hydroxyl groups excluding tert-OH is 1. The lowest BCUT2D eigenvalue weighted by atomic mass is 10.1. The number of aryl methyl sites for hydroxylation is 1. The van der Waals surface area contributed by atoms with Crippen molar-refractivity contribution in [2.45, 2.75) is 31.6 Å². The molecule has 86 valence electrons. The van der Waals surface area contributed by atoms with Crippen LogP contribution in [0.15, 0.2) is 16.5 Å². The van der Waals surface area contributed by atoms with E-state index in [0.29, 0.717) is 0 Å². The van der Waals surface area contributed by atoms with Crippen LogP contribution in [0.5, 0.6) is 0 Å². The molecule has 1 aromatic heterocycles. The van der Waals surface area contributed by atoms with Gasteiger partial charge in [0.15, 0.2) is 0 Å². The van der Waals surface area contributed by atoms with Crippen molar-refractivity contribution in [3.8, 4) is 0 Å². The van der Waals surface area contributed by atoms with E-state index < -0.39 is 5.54 Å². The molecule has 1 heterocycles. The zero-order valence-corrected chi connectivity index (χ0v) is 10.1. The second kappa shape index (κ2) is 5.58. The molecule has 0 aliphatic heterocycles. The van der Waals surface area contributed by atoms with Gasteiger partial charge in [-0.05, 0) is 19.1 Å². The molecular formula is C11H19NO2S. The molecule has 0 aliphatic rings. The van der Waals surface area contributed by atoms with Crippen molar-refractivity contribution in [2.75, 3.05) is 12.4 Å². The third-order valence-corrected chi connectivity index (χ3v) is 3.46. The van der Waals surface area contributed by atoms with E-state index in [-0.39, 0.29) is 6.61 Å². The van der Waals surface area contributed by atoms with Crippen LogP contribution >= 0.6 is 11.8 Å². The monoisotopic (exact) mass is 229 g/mol. The van der Waals surface area contributed by atoms with E-state index in [4.69, 9.17) is 15.3 Å². The highest BCUT2D eigenvalue weighted by molar-refractivity contribution is 7.98. The van der Waals surface area contributed by atoms with E-state index in [0.717, 1.165) is 29.4 Å². The molecule has 0 saturated carbocycles. The number of thioether (sulfide) groups is 1. The maximum atomic E-state index is 8.97. The Morgan fingerprint density at radius 2 is 2.13 bits per heavy atom. The fraction of sp³-hybridized carbons (Fsp3) is 0.636. The van der Waals surface area contributed by atoms with Gasteiger partial charge in [-0.1, -0.05) is 6.92 Å². The van der Waals surface area contributed by atoms with Gasteiger partial charge in [-0.3, -0.25) is 0 Å². The Morgan fingerprint density at radius 3 is 2.67 bits per heavy atom. The fourth-order valence-electron chi connectivity index (χ4n) is 1.12. The summed E-state index contributed by atoms with van der Waals surface area (Å²) in [5.41, 5.74) is 5.31. The molecule has 0 bridgehead atoms. The molecule has 3 nitrogen and oxygen atoms in total. The predicted molar refractivity (Wildman–Crippen MR) is 63.9 cm³/mol. The van der Waals surface area contributed by atoms with Crippen LogP contribution in [0.4, 0.5) is 0 Å². The molecule has 15 heavy (non-hydrogen) atoms. The van der Waals surface area contributed by atoms with Crippen LogP contribution in [0.2, 0.25) is 0 Å². The van der Waals surface area contributed by atoms with Gasteiger partial charge >= 0.3 is 0 Å². The van der Waals surface area contributed by atoms with E-state index in [1.165, 1.54) is 0 Å². The lowest BCUT2D eigenvalue weighted by Gasteiger charge is -2.20. The Balaban J connectivity index is 2.31. The van der Waals surface area contributed by atoms with Gasteiger partial charge in [-0.15, -0.1) is 0 Å². The highest BCUT2D eigenvalue weighted by atomic mass is 32.2. The second-order valence-corrected chi connectivity index (χ2v) is 5.01. The first kappa shape index (κ1) is 12.6. The quantitative estimate of drug-likeness (QED) is 0.780. The van der Waals surface area contributed by atoms with Gasteiger partial charge in [0, 0.05) is 17.7 Å². The zero-order valence-electron chi connectivity index (χ0n) is 9.32. The number of hydrogen-bond acceptors (Lipinski definition) is 4. The summed E-state index contributed by atoms with van der Waals surface area (Å²) >= 11 is 1.68. The van der Waals surface area contributed by atoms with Gasteiger partial charge in [0.1, 0.15) is 11.5 Å². The van der Waals surface area contributed by atoms with E-state index in [9.17, 15) is 0 Å².